The van der Waals surface area contributed by atoms with Crippen molar-refractivity contribution in [1.82, 2.24) is 15.5 Å². The van der Waals surface area contributed by atoms with E-state index in [-0.39, 0.29) is 36.2 Å². The fourth-order valence-electron chi connectivity index (χ4n) is 4.12. The molecule has 2 N–H and O–H groups in total. The molecule has 0 aromatic carbocycles. The summed E-state index contributed by atoms with van der Waals surface area (Å²) in [6.07, 6.45) is 0.977. The fourth-order valence-corrected chi connectivity index (χ4v) is 4.12. The zero-order chi connectivity index (χ0) is 15.8. The first-order valence-electron chi connectivity index (χ1n) is 8.22. The number of rotatable bonds is 4. The first kappa shape index (κ1) is 18.8. The van der Waals surface area contributed by atoms with E-state index in [2.05, 4.69) is 10.6 Å². The summed E-state index contributed by atoms with van der Waals surface area (Å²) in [7, 11) is 0. The van der Waals surface area contributed by atoms with E-state index in [0.717, 1.165) is 32.1 Å². The fraction of sp³-hybridized carbons (Fsp3) is 0.933. The van der Waals surface area contributed by atoms with Gasteiger partial charge in [-0.25, -0.2) is 0 Å². The molecule has 1 spiro atoms. The van der Waals surface area contributed by atoms with E-state index in [1.807, 2.05) is 0 Å². The predicted octanol–water partition coefficient (Wildman–Crippen LogP) is 1.94. The van der Waals surface area contributed by atoms with Gasteiger partial charge in [0.1, 0.15) is 6.04 Å². The maximum absolute atomic E-state index is 13.3. The number of alkyl halides is 3. The van der Waals surface area contributed by atoms with Crippen LogP contribution in [0.3, 0.4) is 0 Å². The van der Waals surface area contributed by atoms with Crippen LogP contribution in [0.15, 0.2) is 0 Å². The lowest BCUT2D eigenvalue weighted by molar-refractivity contribution is -0.184. The Morgan fingerprint density at radius 3 is 2.43 bits per heavy atom. The van der Waals surface area contributed by atoms with Gasteiger partial charge in [0.2, 0.25) is 5.91 Å². The summed E-state index contributed by atoms with van der Waals surface area (Å²) in [6, 6.07) is -1.57. The minimum Gasteiger partial charge on any atom is -0.354 e. The molecule has 1 aliphatic heterocycles. The van der Waals surface area contributed by atoms with Crippen molar-refractivity contribution in [3.05, 3.63) is 0 Å². The highest BCUT2D eigenvalue weighted by molar-refractivity contribution is 5.85. The van der Waals surface area contributed by atoms with Gasteiger partial charge in [-0.15, -0.1) is 12.4 Å². The van der Waals surface area contributed by atoms with Crippen molar-refractivity contribution in [2.45, 2.75) is 44.3 Å². The van der Waals surface area contributed by atoms with E-state index in [4.69, 9.17) is 0 Å². The van der Waals surface area contributed by atoms with Gasteiger partial charge in [-0.2, -0.15) is 13.2 Å². The van der Waals surface area contributed by atoms with E-state index in [0.29, 0.717) is 26.2 Å². The molecule has 0 radical (unpaired) electrons. The van der Waals surface area contributed by atoms with Gasteiger partial charge in [-0.05, 0) is 24.7 Å². The van der Waals surface area contributed by atoms with Gasteiger partial charge < -0.3 is 10.6 Å². The molecule has 1 amide bonds. The molecule has 0 aromatic heterocycles. The third-order valence-corrected chi connectivity index (χ3v) is 5.55. The monoisotopic (exact) mass is 355 g/mol. The molecule has 0 aromatic rings. The summed E-state index contributed by atoms with van der Waals surface area (Å²) in [4.78, 5) is 13.6. The summed E-state index contributed by atoms with van der Waals surface area (Å²) in [5.74, 6) is -0.224. The zero-order valence-electron chi connectivity index (χ0n) is 13.1. The van der Waals surface area contributed by atoms with Crippen LogP contribution in [0.2, 0.25) is 0 Å². The van der Waals surface area contributed by atoms with Crippen molar-refractivity contribution in [2.24, 2.45) is 11.3 Å². The summed E-state index contributed by atoms with van der Waals surface area (Å²) < 4.78 is 39.8. The van der Waals surface area contributed by atoms with Gasteiger partial charge in [0, 0.05) is 38.6 Å². The summed E-state index contributed by atoms with van der Waals surface area (Å²) in [5.41, 5.74) is 0.132. The number of nitrogens with one attached hydrogen (secondary N) is 2. The Morgan fingerprint density at radius 1 is 1.26 bits per heavy atom. The van der Waals surface area contributed by atoms with E-state index in [1.165, 1.54) is 4.90 Å². The third kappa shape index (κ3) is 4.12. The number of amides is 1. The average Bonchev–Trinajstić information content (AvgIpc) is 2.96. The van der Waals surface area contributed by atoms with Crippen LogP contribution in [0, 0.1) is 11.3 Å². The van der Waals surface area contributed by atoms with Gasteiger partial charge in [-0.1, -0.05) is 12.8 Å². The zero-order valence-corrected chi connectivity index (χ0v) is 13.9. The number of nitrogens with zero attached hydrogens (tertiary/aromatic N) is 1. The maximum atomic E-state index is 13.3. The predicted molar refractivity (Wildman–Crippen MR) is 83.6 cm³/mol. The highest BCUT2D eigenvalue weighted by atomic mass is 35.5. The summed E-state index contributed by atoms with van der Waals surface area (Å²) in [5, 5.41) is 5.63. The number of hydrogen-bond donors (Lipinski definition) is 2. The molecule has 8 heteroatoms. The van der Waals surface area contributed by atoms with Gasteiger partial charge in [0.25, 0.3) is 0 Å². The van der Waals surface area contributed by atoms with Crippen LogP contribution in [-0.2, 0) is 4.79 Å². The summed E-state index contributed by atoms with van der Waals surface area (Å²) >= 11 is 0. The molecular formula is C15H25ClF3N3O. The Hall–Kier alpha value is -0.530. The number of carbonyl (C=O) groups excluding carboxylic acids is 1. The lowest BCUT2D eigenvalue weighted by Crippen LogP contribution is -2.57. The molecule has 2 saturated carbocycles. The number of carbonyl (C=O) groups is 1. The molecule has 2 aliphatic carbocycles. The average molecular weight is 356 g/mol. The first-order chi connectivity index (χ1) is 10.4. The van der Waals surface area contributed by atoms with Crippen molar-refractivity contribution in [3.63, 3.8) is 0 Å². The van der Waals surface area contributed by atoms with Crippen LogP contribution < -0.4 is 10.6 Å². The normalized spacial score (nSPS) is 28.2. The van der Waals surface area contributed by atoms with Crippen LogP contribution in [-0.4, -0.2) is 55.7 Å². The molecule has 2 unspecified atom stereocenters. The standard InChI is InChI=1S/C15H24F3N3O.ClH/c16-15(17,18)12(21-7-5-19-6-8-21)10-20-13(22)11-9-14(11)3-1-2-4-14;/h11-12,19H,1-10H2,(H,20,22);1H. The van der Waals surface area contributed by atoms with Crippen molar-refractivity contribution in [3.8, 4) is 0 Å². The third-order valence-electron chi connectivity index (χ3n) is 5.55. The second kappa shape index (κ2) is 7.15. The molecule has 2 atom stereocenters. The van der Waals surface area contributed by atoms with Gasteiger partial charge >= 0.3 is 6.18 Å². The molecule has 3 rings (SSSR count). The van der Waals surface area contributed by atoms with Crippen LogP contribution >= 0.6 is 12.4 Å². The van der Waals surface area contributed by atoms with E-state index < -0.39 is 12.2 Å². The molecular weight excluding hydrogens is 331 g/mol. The minimum absolute atomic E-state index is 0. The Labute approximate surface area is 141 Å². The van der Waals surface area contributed by atoms with Crippen LogP contribution in [0.4, 0.5) is 13.2 Å². The lowest BCUT2D eigenvalue weighted by Gasteiger charge is -2.36. The first-order valence-corrected chi connectivity index (χ1v) is 8.22. The molecule has 134 valence electrons. The molecule has 4 nitrogen and oxygen atoms in total. The van der Waals surface area contributed by atoms with Crippen LogP contribution in [0.5, 0.6) is 0 Å². The molecule has 1 saturated heterocycles. The second-order valence-corrected chi connectivity index (χ2v) is 6.91. The van der Waals surface area contributed by atoms with Crippen molar-refractivity contribution in [2.75, 3.05) is 32.7 Å². The maximum Gasteiger partial charge on any atom is 0.405 e. The van der Waals surface area contributed by atoms with E-state index in [1.54, 1.807) is 0 Å². The smallest absolute Gasteiger partial charge is 0.354 e. The van der Waals surface area contributed by atoms with Crippen molar-refractivity contribution >= 4 is 18.3 Å². The molecule has 23 heavy (non-hydrogen) atoms. The van der Waals surface area contributed by atoms with Gasteiger partial charge in [0.15, 0.2) is 0 Å². The number of hydrogen-bond acceptors (Lipinski definition) is 3. The van der Waals surface area contributed by atoms with Gasteiger partial charge in [-0.3, -0.25) is 9.69 Å². The SMILES string of the molecule is Cl.O=C(NCC(N1CCNCC1)C(F)(F)F)C1CC12CCCC2. The second-order valence-electron chi connectivity index (χ2n) is 6.91. The van der Waals surface area contributed by atoms with Crippen molar-refractivity contribution in [1.29, 1.82) is 0 Å². The summed E-state index contributed by atoms with van der Waals surface area (Å²) in [6.45, 7) is 1.54. The molecule has 3 aliphatic rings. The minimum atomic E-state index is -4.31. The number of piperazine rings is 1. The Balaban J connectivity index is 0.00000192. The van der Waals surface area contributed by atoms with Crippen molar-refractivity contribution < 1.29 is 18.0 Å². The van der Waals surface area contributed by atoms with Crippen LogP contribution in [0.1, 0.15) is 32.1 Å². The van der Waals surface area contributed by atoms with E-state index >= 15 is 0 Å². The molecule has 3 fully saturated rings. The molecule has 0 bridgehead atoms. The quantitative estimate of drug-likeness (QED) is 0.810. The lowest BCUT2D eigenvalue weighted by atomic mass is 10.0. The Morgan fingerprint density at radius 2 is 1.87 bits per heavy atom. The van der Waals surface area contributed by atoms with Crippen LogP contribution in [0.25, 0.3) is 0 Å². The largest absolute Gasteiger partial charge is 0.405 e. The Kier molecular flexibility index (Phi) is 5.85. The van der Waals surface area contributed by atoms with Gasteiger partial charge in [0.05, 0.1) is 0 Å². The topological polar surface area (TPSA) is 44.4 Å². The Bertz CT molecular complexity index is 421. The highest BCUT2D eigenvalue weighted by Gasteiger charge is 2.58. The van der Waals surface area contributed by atoms with E-state index in [9.17, 15) is 18.0 Å². The number of halogens is 4. The highest BCUT2D eigenvalue weighted by Crippen LogP contribution is 2.62. The molecule has 1 heterocycles.